The molecule has 2 aromatic carbocycles. The van der Waals surface area contributed by atoms with Gasteiger partial charge in [0.1, 0.15) is 18.1 Å². The van der Waals surface area contributed by atoms with Gasteiger partial charge in [-0.15, -0.1) is 5.10 Å². The van der Waals surface area contributed by atoms with Crippen molar-refractivity contribution in [2.75, 3.05) is 18.3 Å². The van der Waals surface area contributed by atoms with Crippen LogP contribution in [0.5, 0.6) is 5.75 Å². The lowest BCUT2D eigenvalue weighted by Gasteiger charge is -2.11. The molecule has 1 heterocycles. The predicted molar refractivity (Wildman–Crippen MR) is 98.2 cm³/mol. The van der Waals surface area contributed by atoms with Crippen LogP contribution >= 0.6 is 12.2 Å². The van der Waals surface area contributed by atoms with E-state index in [0.29, 0.717) is 17.0 Å². The van der Waals surface area contributed by atoms with Crippen molar-refractivity contribution in [3.63, 3.8) is 0 Å². The fourth-order valence-corrected chi connectivity index (χ4v) is 2.60. The molecule has 7 nitrogen and oxygen atoms in total. The van der Waals surface area contributed by atoms with Crippen molar-refractivity contribution in [1.82, 2.24) is 14.5 Å². The van der Waals surface area contributed by atoms with Crippen molar-refractivity contribution in [3.8, 4) is 5.75 Å². The minimum Gasteiger partial charge on any atom is -0.495 e. The number of nitrogens with two attached hydrogens (primary N) is 1. The van der Waals surface area contributed by atoms with Crippen molar-refractivity contribution in [1.29, 1.82) is 0 Å². The molecule has 0 bridgehead atoms. The SMILES string of the molecule is COc1ccccc1Nn1c(N)nn(CC(=O)c2ccc(F)cc2)c1=S. The Kier molecular flexibility index (Phi) is 4.99. The summed E-state index contributed by atoms with van der Waals surface area (Å²) in [6, 6.07) is 12.5. The van der Waals surface area contributed by atoms with E-state index in [2.05, 4.69) is 10.5 Å². The maximum absolute atomic E-state index is 13.0. The van der Waals surface area contributed by atoms with E-state index in [1.165, 1.54) is 33.6 Å². The molecule has 9 heteroatoms. The van der Waals surface area contributed by atoms with Gasteiger partial charge in [0.2, 0.25) is 10.7 Å². The summed E-state index contributed by atoms with van der Waals surface area (Å²) < 4.78 is 21.2. The molecule has 0 aliphatic carbocycles. The van der Waals surface area contributed by atoms with Crippen LogP contribution in [0.4, 0.5) is 16.0 Å². The van der Waals surface area contributed by atoms with Gasteiger partial charge in [-0.25, -0.2) is 9.07 Å². The number of para-hydroxylation sites is 2. The van der Waals surface area contributed by atoms with Crippen LogP contribution in [0.15, 0.2) is 48.5 Å². The number of methoxy groups -OCH3 is 1. The molecular formula is C17H16FN5O2S. The zero-order chi connectivity index (χ0) is 18.7. The fraction of sp³-hybridized carbons (Fsp3) is 0.118. The largest absolute Gasteiger partial charge is 0.495 e. The first-order valence-corrected chi connectivity index (χ1v) is 8.04. The molecule has 3 rings (SSSR count). The van der Waals surface area contributed by atoms with Gasteiger partial charge in [-0.3, -0.25) is 10.2 Å². The van der Waals surface area contributed by atoms with E-state index >= 15 is 0 Å². The molecular weight excluding hydrogens is 357 g/mol. The number of carbonyl (C=O) groups excluding carboxylic acids is 1. The number of carbonyl (C=O) groups is 1. The molecule has 0 saturated carbocycles. The molecule has 26 heavy (non-hydrogen) atoms. The van der Waals surface area contributed by atoms with Crippen molar-refractivity contribution < 1.29 is 13.9 Å². The molecule has 0 fully saturated rings. The lowest BCUT2D eigenvalue weighted by Crippen LogP contribution is -2.15. The molecule has 3 N–H and O–H groups in total. The van der Waals surface area contributed by atoms with E-state index in [1.807, 2.05) is 12.1 Å². The Labute approximate surface area is 153 Å². The van der Waals surface area contributed by atoms with Crippen molar-refractivity contribution in [3.05, 3.63) is 64.7 Å². The number of halogens is 1. The number of hydrogen-bond donors (Lipinski definition) is 2. The molecule has 0 amide bonds. The Balaban J connectivity index is 1.85. The maximum atomic E-state index is 13.0. The van der Waals surface area contributed by atoms with E-state index in [-0.39, 0.29) is 23.0 Å². The Bertz CT molecular complexity index is 997. The third-order valence-electron chi connectivity index (χ3n) is 3.66. The minimum absolute atomic E-state index is 0.0906. The molecule has 0 radical (unpaired) electrons. The Hall–Kier alpha value is -3.20. The van der Waals surface area contributed by atoms with E-state index in [1.54, 1.807) is 19.2 Å². The number of ketones is 1. The number of hydrogen-bond acceptors (Lipinski definition) is 6. The van der Waals surface area contributed by atoms with Gasteiger partial charge in [0.05, 0.1) is 12.8 Å². The maximum Gasteiger partial charge on any atom is 0.240 e. The normalized spacial score (nSPS) is 10.5. The lowest BCUT2D eigenvalue weighted by molar-refractivity contribution is 0.0967. The van der Waals surface area contributed by atoms with Crippen LogP contribution in [-0.2, 0) is 6.54 Å². The topological polar surface area (TPSA) is 87.1 Å². The second-order valence-electron chi connectivity index (χ2n) is 5.38. The molecule has 0 aliphatic heterocycles. The van der Waals surface area contributed by atoms with Crippen LogP contribution < -0.4 is 15.9 Å². The smallest absolute Gasteiger partial charge is 0.240 e. The average Bonchev–Trinajstić information content (AvgIpc) is 2.90. The van der Waals surface area contributed by atoms with Crippen molar-refractivity contribution in [2.24, 2.45) is 0 Å². The molecule has 3 aromatic rings. The quantitative estimate of drug-likeness (QED) is 0.510. The number of rotatable bonds is 6. The number of nitrogens with zero attached hydrogens (tertiary/aromatic N) is 3. The average molecular weight is 373 g/mol. The number of Topliss-reactive ketones (excluding diaryl/α,β-unsaturated/α-hetero) is 1. The standard InChI is InChI=1S/C17H16FN5O2S/c1-25-15-5-3-2-4-13(15)20-23-16(19)21-22(17(23)26)10-14(24)11-6-8-12(18)9-7-11/h2-9,20H,10H2,1H3,(H2,19,21). The summed E-state index contributed by atoms with van der Waals surface area (Å²) in [6.45, 7) is -0.116. The molecule has 0 aliphatic rings. The number of nitrogen functional groups attached to an aromatic ring is 1. The highest BCUT2D eigenvalue weighted by Gasteiger charge is 2.14. The summed E-state index contributed by atoms with van der Waals surface area (Å²) in [7, 11) is 1.55. The molecule has 0 unspecified atom stereocenters. The van der Waals surface area contributed by atoms with Gasteiger partial charge in [0, 0.05) is 5.56 Å². The van der Waals surface area contributed by atoms with E-state index in [4.69, 9.17) is 22.7 Å². The number of nitrogens with one attached hydrogen (secondary N) is 1. The summed E-state index contributed by atoms with van der Waals surface area (Å²) in [5.41, 5.74) is 9.94. The van der Waals surface area contributed by atoms with Gasteiger partial charge in [-0.1, -0.05) is 12.1 Å². The van der Waals surface area contributed by atoms with E-state index < -0.39 is 5.82 Å². The third-order valence-corrected chi connectivity index (χ3v) is 4.06. The van der Waals surface area contributed by atoms with Crippen molar-refractivity contribution in [2.45, 2.75) is 6.54 Å². The molecule has 0 saturated heterocycles. The summed E-state index contributed by atoms with van der Waals surface area (Å²) in [5.74, 6) is 0.0208. The lowest BCUT2D eigenvalue weighted by atomic mass is 10.1. The minimum atomic E-state index is -0.410. The third kappa shape index (κ3) is 3.57. The Morgan fingerprint density at radius 2 is 1.96 bits per heavy atom. The second kappa shape index (κ2) is 7.36. The van der Waals surface area contributed by atoms with Gasteiger partial charge >= 0.3 is 0 Å². The van der Waals surface area contributed by atoms with Crippen LogP contribution in [0.3, 0.4) is 0 Å². The zero-order valence-corrected chi connectivity index (χ0v) is 14.7. The van der Waals surface area contributed by atoms with Crippen LogP contribution in [0.1, 0.15) is 10.4 Å². The Morgan fingerprint density at radius 3 is 2.65 bits per heavy atom. The van der Waals surface area contributed by atoms with E-state index in [0.717, 1.165) is 0 Å². The second-order valence-corrected chi connectivity index (χ2v) is 5.74. The van der Waals surface area contributed by atoms with Crippen molar-refractivity contribution >= 4 is 29.6 Å². The number of anilines is 2. The van der Waals surface area contributed by atoms with Gasteiger partial charge in [0.15, 0.2) is 5.78 Å². The molecule has 1 aromatic heterocycles. The first kappa shape index (κ1) is 17.6. The van der Waals surface area contributed by atoms with Crippen LogP contribution in [0, 0.1) is 10.6 Å². The summed E-state index contributed by atoms with van der Waals surface area (Å²) in [4.78, 5) is 12.3. The predicted octanol–water partition coefficient (Wildman–Crippen LogP) is 2.90. The summed E-state index contributed by atoms with van der Waals surface area (Å²) in [5, 5.41) is 4.10. The molecule has 0 atom stereocenters. The highest BCUT2D eigenvalue weighted by atomic mass is 32.1. The zero-order valence-electron chi connectivity index (χ0n) is 13.8. The number of aromatic nitrogens is 3. The highest BCUT2D eigenvalue weighted by Crippen LogP contribution is 2.23. The summed E-state index contributed by atoms with van der Waals surface area (Å²) >= 11 is 5.35. The fourth-order valence-electron chi connectivity index (χ4n) is 2.35. The van der Waals surface area contributed by atoms with Gasteiger partial charge in [0.25, 0.3) is 0 Å². The summed E-state index contributed by atoms with van der Waals surface area (Å²) in [6.07, 6.45) is 0. The first-order valence-electron chi connectivity index (χ1n) is 7.63. The van der Waals surface area contributed by atoms with Crippen LogP contribution in [-0.4, -0.2) is 27.3 Å². The van der Waals surface area contributed by atoms with Gasteiger partial charge < -0.3 is 10.5 Å². The highest BCUT2D eigenvalue weighted by molar-refractivity contribution is 7.71. The first-order chi connectivity index (χ1) is 12.5. The Morgan fingerprint density at radius 1 is 1.27 bits per heavy atom. The number of ether oxygens (including phenoxy) is 1. The van der Waals surface area contributed by atoms with Crippen LogP contribution in [0.25, 0.3) is 0 Å². The van der Waals surface area contributed by atoms with Crippen LogP contribution in [0.2, 0.25) is 0 Å². The molecule has 0 spiro atoms. The molecule has 134 valence electrons. The number of benzene rings is 2. The van der Waals surface area contributed by atoms with Gasteiger partial charge in [-0.05, 0) is 48.6 Å². The van der Waals surface area contributed by atoms with E-state index in [9.17, 15) is 9.18 Å². The van der Waals surface area contributed by atoms with Gasteiger partial charge in [-0.2, -0.15) is 4.68 Å². The monoisotopic (exact) mass is 373 g/mol.